The third kappa shape index (κ3) is 7.83. The third-order valence-electron chi connectivity index (χ3n) is 0.899. The van der Waals surface area contributed by atoms with Crippen molar-refractivity contribution in [1.82, 2.24) is 0 Å². The molecule has 0 aliphatic rings. The summed E-state index contributed by atoms with van der Waals surface area (Å²) in [5.41, 5.74) is 9.46. The first-order chi connectivity index (χ1) is 4.21. The third-order valence-corrected chi connectivity index (χ3v) is 1.62. The molecule has 0 radical (unpaired) electrons. The van der Waals surface area contributed by atoms with Gasteiger partial charge >= 0.3 is 0 Å². The molecule has 0 unspecified atom stereocenters. The van der Waals surface area contributed by atoms with Crippen LogP contribution in [0.2, 0.25) is 0 Å². The summed E-state index contributed by atoms with van der Waals surface area (Å²) in [5.74, 6) is -0.392. The van der Waals surface area contributed by atoms with Crippen LogP contribution in [0.4, 0.5) is 0 Å². The molecule has 0 saturated heterocycles. The van der Waals surface area contributed by atoms with E-state index in [9.17, 15) is 8.42 Å². The molecule has 0 saturated carbocycles. The molecule has 5 N–H and O–H groups in total. The summed E-state index contributed by atoms with van der Waals surface area (Å²) in [6.45, 7) is 1.48. The molecule has 62 valence electrons. The van der Waals surface area contributed by atoms with Crippen LogP contribution in [-0.2, 0) is 10.1 Å². The van der Waals surface area contributed by atoms with E-state index in [2.05, 4.69) is 0 Å². The molecule has 6 heteroatoms. The molecule has 5 nitrogen and oxygen atoms in total. The van der Waals surface area contributed by atoms with E-state index in [1.807, 2.05) is 0 Å². The number of hydrogen-bond acceptors (Lipinski definition) is 4. The van der Waals surface area contributed by atoms with Crippen molar-refractivity contribution in [3.05, 3.63) is 0 Å². The highest BCUT2D eigenvalue weighted by atomic mass is 32.2. The zero-order chi connectivity index (χ0) is 8.41. The van der Waals surface area contributed by atoms with E-state index < -0.39 is 21.5 Å². The van der Waals surface area contributed by atoms with Gasteiger partial charge in [-0.05, 0) is 13.3 Å². The SMILES string of the molecule is CC(N)(N)CCS(=O)(=O)O. The van der Waals surface area contributed by atoms with Crippen LogP contribution < -0.4 is 11.5 Å². The molecular formula is C4H12N2O3S. The summed E-state index contributed by atoms with van der Waals surface area (Å²) in [6.07, 6.45) is 0.0475. The van der Waals surface area contributed by atoms with Crippen LogP contribution in [0.3, 0.4) is 0 Å². The fourth-order valence-electron chi connectivity index (χ4n) is 0.349. The molecule has 0 aromatic heterocycles. The van der Waals surface area contributed by atoms with Gasteiger partial charge < -0.3 is 11.5 Å². The van der Waals surface area contributed by atoms with Gasteiger partial charge in [0, 0.05) is 0 Å². The Morgan fingerprint density at radius 3 is 2.00 bits per heavy atom. The lowest BCUT2D eigenvalue weighted by atomic mass is 10.2. The maximum Gasteiger partial charge on any atom is 0.264 e. The first-order valence-electron chi connectivity index (χ1n) is 2.74. The second kappa shape index (κ2) is 2.83. The van der Waals surface area contributed by atoms with Crippen molar-refractivity contribution < 1.29 is 13.0 Å². The van der Waals surface area contributed by atoms with Gasteiger partial charge in [0.1, 0.15) is 0 Å². The molecule has 0 spiro atoms. The molecule has 0 bridgehead atoms. The minimum Gasteiger partial charge on any atom is -0.314 e. The molecule has 0 rings (SSSR count). The van der Waals surface area contributed by atoms with E-state index in [-0.39, 0.29) is 6.42 Å². The molecule has 0 atom stereocenters. The number of rotatable bonds is 3. The van der Waals surface area contributed by atoms with Gasteiger partial charge in [-0.15, -0.1) is 0 Å². The average molecular weight is 168 g/mol. The van der Waals surface area contributed by atoms with E-state index in [0.717, 1.165) is 0 Å². The Morgan fingerprint density at radius 1 is 1.50 bits per heavy atom. The second-order valence-electron chi connectivity index (χ2n) is 2.54. The predicted octanol–water partition coefficient (Wildman–Crippen LogP) is -1.10. The van der Waals surface area contributed by atoms with Crippen molar-refractivity contribution in [1.29, 1.82) is 0 Å². The Balaban J connectivity index is 3.79. The summed E-state index contributed by atoms with van der Waals surface area (Å²) in [5, 5.41) is 0. The smallest absolute Gasteiger partial charge is 0.264 e. The molecule has 0 aliphatic carbocycles. The first-order valence-corrected chi connectivity index (χ1v) is 4.34. The molecule has 0 aromatic rings. The van der Waals surface area contributed by atoms with E-state index in [1.165, 1.54) is 6.92 Å². The highest BCUT2D eigenvalue weighted by molar-refractivity contribution is 7.85. The highest BCUT2D eigenvalue weighted by Gasteiger charge is 2.15. The monoisotopic (exact) mass is 168 g/mol. The van der Waals surface area contributed by atoms with Crippen molar-refractivity contribution in [2.24, 2.45) is 11.5 Å². The lowest BCUT2D eigenvalue weighted by Gasteiger charge is -2.16. The van der Waals surface area contributed by atoms with E-state index in [0.29, 0.717) is 0 Å². The van der Waals surface area contributed by atoms with Crippen LogP contribution in [0.15, 0.2) is 0 Å². The number of nitrogens with two attached hydrogens (primary N) is 2. The Bertz CT molecular complexity index is 191. The standard InChI is InChI=1S/C4H12N2O3S/c1-4(5,6)2-3-10(7,8)9/h2-3,5-6H2,1H3,(H,7,8,9). The topological polar surface area (TPSA) is 106 Å². The first kappa shape index (κ1) is 9.83. The Labute approximate surface area is 60.1 Å². The van der Waals surface area contributed by atoms with Gasteiger partial charge in [-0.25, -0.2) is 0 Å². The van der Waals surface area contributed by atoms with Crippen LogP contribution in [-0.4, -0.2) is 24.4 Å². The minimum absolute atomic E-state index is 0.0475. The Kier molecular flexibility index (Phi) is 2.78. The van der Waals surface area contributed by atoms with Crippen molar-refractivity contribution in [2.45, 2.75) is 19.0 Å². The molecule has 0 amide bonds. The molecule has 0 fully saturated rings. The van der Waals surface area contributed by atoms with E-state index >= 15 is 0 Å². The van der Waals surface area contributed by atoms with Gasteiger partial charge in [0.25, 0.3) is 10.1 Å². The van der Waals surface area contributed by atoms with Crippen LogP contribution in [0, 0.1) is 0 Å². The van der Waals surface area contributed by atoms with E-state index in [4.69, 9.17) is 16.0 Å². The molecule has 0 aromatic carbocycles. The summed E-state index contributed by atoms with van der Waals surface area (Å²) in [4.78, 5) is 0. The van der Waals surface area contributed by atoms with Gasteiger partial charge in [0.2, 0.25) is 0 Å². The quantitative estimate of drug-likeness (QED) is 0.366. The van der Waals surface area contributed by atoms with Crippen LogP contribution >= 0.6 is 0 Å². The number of hydrogen-bond donors (Lipinski definition) is 3. The van der Waals surface area contributed by atoms with Gasteiger partial charge in [0.05, 0.1) is 11.4 Å². The summed E-state index contributed by atoms with van der Waals surface area (Å²) in [7, 11) is -3.92. The largest absolute Gasteiger partial charge is 0.314 e. The van der Waals surface area contributed by atoms with Gasteiger partial charge in [-0.2, -0.15) is 8.42 Å². The Morgan fingerprint density at radius 2 is 1.90 bits per heavy atom. The average Bonchev–Trinajstić information content (AvgIpc) is 1.57. The highest BCUT2D eigenvalue weighted by Crippen LogP contribution is 1.98. The predicted molar refractivity (Wildman–Crippen MR) is 37.8 cm³/mol. The minimum atomic E-state index is -3.92. The van der Waals surface area contributed by atoms with E-state index in [1.54, 1.807) is 0 Å². The Hall–Kier alpha value is -0.170. The molecule has 0 aliphatic heterocycles. The molecular weight excluding hydrogens is 156 g/mol. The second-order valence-corrected chi connectivity index (χ2v) is 4.11. The molecule has 0 heterocycles. The fourth-order valence-corrected chi connectivity index (χ4v) is 1.05. The lowest BCUT2D eigenvalue weighted by molar-refractivity contribution is 0.443. The molecule has 10 heavy (non-hydrogen) atoms. The zero-order valence-electron chi connectivity index (χ0n) is 5.74. The van der Waals surface area contributed by atoms with Crippen LogP contribution in [0.5, 0.6) is 0 Å². The van der Waals surface area contributed by atoms with Crippen molar-refractivity contribution >= 4 is 10.1 Å². The van der Waals surface area contributed by atoms with Gasteiger partial charge in [-0.3, -0.25) is 4.55 Å². The summed E-state index contributed by atoms with van der Waals surface area (Å²) in [6, 6.07) is 0. The fraction of sp³-hybridized carbons (Fsp3) is 1.00. The van der Waals surface area contributed by atoms with Crippen LogP contribution in [0.1, 0.15) is 13.3 Å². The maximum absolute atomic E-state index is 10.1. The summed E-state index contributed by atoms with van der Waals surface area (Å²) < 4.78 is 28.5. The lowest BCUT2D eigenvalue weighted by Crippen LogP contribution is -2.47. The van der Waals surface area contributed by atoms with Crippen molar-refractivity contribution in [3.8, 4) is 0 Å². The normalized spacial score (nSPS) is 13.6. The maximum atomic E-state index is 10.1. The van der Waals surface area contributed by atoms with Gasteiger partial charge in [-0.1, -0.05) is 0 Å². The summed E-state index contributed by atoms with van der Waals surface area (Å²) >= 11 is 0. The van der Waals surface area contributed by atoms with Gasteiger partial charge in [0.15, 0.2) is 0 Å². The van der Waals surface area contributed by atoms with Crippen LogP contribution in [0.25, 0.3) is 0 Å². The van der Waals surface area contributed by atoms with Crippen molar-refractivity contribution in [3.63, 3.8) is 0 Å². The van der Waals surface area contributed by atoms with Crippen molar-refractivity contribution in [2.75, 3.05) is 5.75 Å². The zero-order valence-corrected chi connectivity index (χ0v) is 6.56.